The van der Waals surface area contributed by atoms with Crippen LogP contribution in [0.5, 0.6) is 0 Å². The minimum atomic E-state index is -3.40. The largest absolute Gasteiger partial charge is 0.322 e. The first-order valence-corrected chi connectivity index (χ1v) is 8.83. The monoisotopic (exact) mass is 337 g/mol. The Bertz CT molecular complexity index is 844. The molecule has 1 amide bonds. The van der Waals surface area contributed by atoms with E-state index in [0.29, 0.717) is 5.69 Å². The van der Waals surface area contributed by atoms with Crippen LogP contribution in [-0.4, -0.2) is 20.6 Å². The molecule has 2 aromatic rings. The Hall–Kier alpha value is -1.85. The molecule has 1 N–H and O–H groups in total. The SMILES string of the molecule is Cc1ccc(NC(=O)c2cc(S(C)(=O)=O)ccc2Cl)cc1C. The Labute approximate surface area is 135 Å². The maximum absolute atomic E-state index is 12.3. The molecule has 2 rings (SSSR count). The number of amides is 1. The van der Waals surface area contributed by atoms with Gasteiger partial charge in [-0.15, -0.1) is 0 Å². The van der Waals surface area contributed by atoms with E-state index in [2.05, 4.69) is 5.32 Å². The van der Waals surface area contributed by atoms with Gasteiger partial charge in [-0.25, -0.2) is 8.42 Å². The summed E-state index contributed by atoms with van der Waals surface area (Å²) in [5.41, 5.74) is 2.93. The summed E-state index contributed by atoms with van der Waals surface area (Å²) >= 11 is 6.01. The average Bonchev–Trinajstić information content (AvgIpc) is 2.42. The van der Waals surface area contributed by atoms with Crippen molar-refractivity contribution in [1.29, 1.82) is 0 Å². The fraction of sp³-hybridized carbons (Fsp3) is 0.188. The second kappa shape index (κ2) is 6.10. The van der Waals surface area contributed by atoms with Crippen molar-refractivity contribution < 1.29 is 13.2 Å². The number of carbonyl (C=O) groups excluding carboxylic acids is 1. The van der Waals surface area contributed by atoms with Crippen molar-refractivity contribution in [2.75, 3.05) is 11.6 Å². The highest BCUT2D eigenvalue weighted by Gasteiger charge is 2.15. The van der Waals surface area contributed by atoms with Crippen LogP contribution < -0.4 is 5.32 Å². The fourth-order valence-electron chi connectivity index (χ4n) is 1.93. The minimum absolute atomic E-state index is 0.0575. The summed E-state index contributed by atoms with van der Waals surface area (Å²) in [6.45, 7) is 3.93. The molecule has 6 heteroatoms. The van der Waals surface area contributed by atoms with Crippen LogP contribution in [0.25, 0.3) is 0 Å². The van der Waals surface area contributed by atoms with E-state index in [9.17, 15) is 13.2 Å². The second-order valence-electron chi connectivity index (χ2n) is 5.17. The lowest BCUT2D eigenvalue weighted by Crippen LogP contribution is -2.13. The third-order valence-corrected chi connectivity index (χ3v) is 4.82. The highest BCUT2D eigenvalue weighted by Crippen LogP contribution is 2.22. The van der Waals surface area contributed by atoms with Crippen molar-refractivity contribution in [2.45, 2.75) is 18.7 Å². The number of nitrogens with one attached hydrogen (secondary N) is 1. The lowest BCUT2D eigenvalue weighted by Gasteiger charge is -2.10. The van der Waals surface area contributed by atoms with Crippen LogP contribution in [0.15, 0.2) is 41.3 Å². The standard InChI is InChI=1S/C16H16ClNO3S/c1-10-4-5-12(8-11(10)2)18-16(19)14-9-13(22(3,20)21)6-7-15(14)17/h4-9H,1-3H3,(H,18,19). The van der Waals surface area contributed by atoms with Gasteiger partial charge in [-0.3, -0.25) is 4.79 Å². The molecule has 0 fully saturated rings. The number of hydrogen-bond donors (Lipinski definition) is 1. The number of anilines is 1. The predicted molar refractivity (Wildman–Crippen MR) is 88.4 cm³/mol. The molecule has 0 saturated carbocycles. The number of benzene rings is 2. The van der Waals surface area contributed by atoms with Gasteiger partial charge in [0.25, 0.3) is 5.91 Å². The molecule has 0 aromatic heterocycles. The van der Waals surface area contributed by atoms with Crippen LogP contribution >= 0.6 is 11.6 Å². The lowest BCUT2D eigenvalue weighted by molar-refractivity contribution is 0.102. The van der Waals surface area contributed by atoms with Crippen LogP contribution in [0.3, 0.4) is 0 Å². The third kappa shape index (κ3) is 3.67. The summed E-state index contributed by atoms with van der Waals surface area (Å²) in [5, 5.41) is 2.93. The van der Waals surface area contributed by atoms with Crippen LogP contribution in [-0.2, 0) is 9.84 Å². The van der Waals surface area contributed by atoms with Gasteiger partial charge in [0.15, 0.2) is 9.84 Å². The number of rotatable bonds is 3. The molecule has 0 radical (unpaired) electrons. The van der Waals surface area contributed by atoms with E-state index in [1.54, 1.807) is 6.07 Å². The minimum Gasteiger partial charge on any atom is -0.322 e. The van der Waals surface area contributed by atoms with Crippen molar-refractivity contribution >= 4 is 33.0 Å². The van der Waals surface area contributed by atoms with Gasteiger partial charge in [-0.05, 0) is 55.3 Å². The molecule has 0 saturated heterocycles. The van der Waals surface area contributed by atoms with E-state index in [0.717, 1.165) is 17.4 Å². The molecule has 0 spiro atoms. The maximum atomic E-state index is 12.3. The van der Waals surface area contributed by atoms with E-state index in [1.165, 1.54) is 18.2 Å². The molecular weight excluding hydrogens is 322 g/mol. The zero-order chi connectivity index (χ0) is 16.5. The number of aryl methyl sites for hydroxylation is 2. The van der Waals surface area contributed by atoms with Gasteiger partial charge in [0.1, 0.15) is 0 Å². The molecule has 0 heterocycles. The molecule has 0 aliphatic heterocycles. The Morgan fingerprint density at radius 2 is 1.73 bits per heavy atom. The highest BCUT2D eigenvalue weighted by atomic mass is 35.5. The topological polar surface area (TPSA) is 63.2 Å². The molecule has 0 unspecified atom stereocenters. The average molecular weight is 338 g/mol. The van der Waals surface area contributed by atoms with Gasteiger partial charge in [0.2, 0.25) is 0 Å². The van der Waals surface area contributed by atoms with Gasteiger partial charge < -0.3 is 5.32 Å². The fourth-order valence-corrected chi connectivity index (χ4v) is 2.78. The van der Waals surface area contributed by atoms with E-state index < -0.39 is 15.7 Å². The van der Waals surface area contributed by atoms with Gasteiger partial charge >= 0.3 is 0 Å². The van der Waals surface area contributed by atoms with Crippen molar-refractivity contribution in [3.8, 4) is 0 Å². The normalized spacial score (nSPS) is 11.3. The number of sulfone groups is 1. The first-order valence-electron chi connectivity index (χ1n) is 6.56. The van der Waals surface area contributed by atoms with E-state index in [4.69, 9.17) is 11.6 Å². The maximum Gasteiger partial charge on any atom is 0.257 e. The summed E-state index contributed by atoms with van der Waals surface area (Å²) in [4.78, 5) is 12.4. The summed E-state index contributed by atoms with van der Waals surface area (Å²) in [6, 6.07) is 9.61. The van der Waals surface area contributed by atoms with Crippen LogP contribution in [0.2, 0.25) is 5.02 Å². The first-order chi connectivity index (χ1) is 10.2. The van der Waals surface area contributed by atoms with Crippen LogP contribution in [0, 0.1) is 13.8 Å². The first kappa shape index (κ1) is 16.5. The molecule has 0 atom stereocenters. The van der Waals surface area contributed by atoms with Gasteiger partial charge in [-0.2, -0.15) is 0 Å². The van der Waals surface area contributed by atoms with Crippen LogP contribution in [0.4, 0.5) is 5.69 Å². The van der Waals surface area contributed by atoms with Crippen molar-refractivity contribution in [3.63, 3.8) is 0 Å². The van der Waals surface area contributed by atoms with E-state index in [1.807, 2.05) is 26.0 Å². The van der Waals surface area contributed by atoms with Crippen molar-refractivity contribution in [1.82, 2.24) is 0 Å². The van der Waals surface area contributed by atoms with Crippen molar-refractivity contribution in [3.05, 3.63) is 58.1 Å². The van der Waals surface area contributed by atoms with Crippen LogP contribution in [0.1, 0.15) is 21.5 Å². The smallest absolute Gasteiger partial charge is 0.257 e. The number of halogens is 1. The number of hydrogen-bond acceptors (Lipinski definition) is 3. The number of carbonyl (C=O) groups is 1. The Morgan fingerprint density at radius 1 is 1.05 bits per heavy atom. The van der Waals surface area contributed by atoms with E-state index in [-0.39, 0.29) is 15.5 Å². The summed E-state index contributed by atoms with van der Waals surface area (Å²) in [6.07, 6.45) is 1.08. The molecule has 22 heavy (non-hydrogen) atoms. The summed E-state index contributed by atoms with van der Waals surface area (Å²) in [5.74, 6) is -0.446. The Morgan fingerprint density at radius 3 is 2.32 bits per heavy atom. The van der Waals surface area contributed by atoms with Gasteiger partial charge in [-0.1, -0.05) is 17.7 Å². The molecule has 116 valence electrons. The van der Waals surface area contributed by atoms with Gasteiger partial charge in [0, 0.05) is 11.9 Å². The molecule has 2 aromatic carbocycles. The zero-order valence-corrected chi connectivity index (χ0v) is 14.0. The Kier molecular flexibility index (Phi) is 4.58. The van der Waals surface area contributed by atoms with Crippen molar-refractivity contribution in [2.24, 2.45) is 0 Å². The lowest BCUT2D eigenvalue weighted by atomic mass is 10.1. The third-order valence-electron chi connectivity index (χ3n) is 3.38. The summed E-state index contributed by atoms with van der Waals surface area (Å²) < 4.78 is 23.2. The zero-order valence-electron chi connectivity index (χ0n) is 12.5. The molecule has 0 aliphatic carbocycles. The summed E-state index contributed by atoms with van der Waals surface area (Å²) in [7, 11) is -3.40. The molecule has 0 bridgehead atoms. The second-order valence-corrected chi connectivity index (χ2v) is 7.59. The predicted octanol–water partition coefficient (Wildman–Crippen LogP) is 3.61. The molecular formula is C16H16ClNO3S. The Balaban J connectivity index is 2.35. The van der Waals surface area contributed by atoms with E-state index >= 15 is 0 Å². The quantitative estimate of drug-likeness (QED) is 0.930. The van der Waals surface area contributed by atoms with Gasteiger partial charge in [0.05, 0.1) is 15.5 Å². The molecule has 0 aliphatic rings. The molecule has 4 nitrogen and oxygen atoms in total. The highest BCUT2D eigenvalue weighted by molar-refractivity contribution is 7.90.